The van der Waals surface area contributed by atoms with Gasteiger partial charge in [-0.1, -0.05) is 42.5 Å². The second-order valence-electron chi connectivity index (χ2n) is 6.91. The van der Waals surface area contributed by atoms with Crippen molar-refractivity contribution in [2.24, 2.45) is 0 Å². The minimum Gasteiger partial charge on any atom is -0.335 e. The summed E-state index contributed by atoms with van der Waals surface area (Å²) < 4.78 is 0. The summed E-state index contributed by atoms with van der Waals surface area (Å²) in [5, 5.41) is 0. The Balaban J connectivity index is 1.83. The molecule has 2 aromatic rings. The fraction of sp³-hybridized carbons (Fsp3) is 0.273. The Bertz CT molecular complexity index is 788. The van der Waals surface area contributed by atoms with E-state index in [1.807, 2.05) is 83.5 Å². The maximum atomic E-state index is 13.0. The standard InChI is InChI=1S/C22H24N2O2/c1-3-14-22(2)17-23(20(25)18-10-6-4-7-11-18)15-16-24(22)21(26)19-12-8-5-9-13-19/h3-13H,1,14-17H2,2H3/t22-/m0/s1. The Labute approximate surface area is 154 Å². The Hall–Kier alpha value is -2.88. The van der Waals surface area contributed by atoms with Gasteiger partial charge in [0.25, 0.3) is 11.8 Å². The molecule has 4 heteroatoms. The third-order valence-electron chi connectivity index (χ3n) is 4.93. The summed E-state index contributed by atoms with van der Waals surface area (Å²) in [4.78, 5) is 29.6. The molecule has 2 aromatic carbocycles. The first-order valence-electron chi connectivity index (χ1n) is 8.87. The molecule has 1 saturated heterocycles. The number of nitrogens with zero attached hydrogens (tertiary/aromatic N) is 2. The maximum Gasteiger partial charge on any atom is 0.254 e. The number of piperazine rings is 1. The molecule has 3 rings (SSSR count). The molecule has 1 fully saturated rings. The summed E-state index contributed by atoms with van der Waals surface area (Å²) in [6.07, 6.45) is 2.45. The number of carbonyl (C=O) groups excluding carboxylic acids is 2. The summed E-state index contributed by atoms with van der Waals surface area (Å²) in [5.41, 5.74) is 0.874. The van der Waals surface area contributed by atoms with Crippen LogP contribution in [0.25, 0.3) is 0 Å². The van der Waals surface area contributed by atoms with Gasteiger partial charge in [-0.2, -0.15) is 0 Å². The van der Waals surface area contributed by atoms with E-state index in [9.17, 15) is 9.59 Å². The molecule has 1 aliphatic heterocycles. The molecule has 1 heterocycles. The molecule has 1 aliphatic rings. The first kappa shape index (κ1) is 17.9. The van der Waals surface area contributed by atoms with E-state index in [4.69, 9.17) is 0 Å². The van der Waals surface area contributed by atoms with Gasteiger partial charge in [0.15, 0.2) is 0 Å². The van der Waals surface area contributed by atoms with Crippen LogP contribution in [-0.4, -0.2) is 46.8 Å². The van der Waals surface area contributed by atoms with E-state index in [-0.39, 0.29) is 11.8 Å². The molecule has 0 aromatic heterocycles. The zero-order valence-corrected chi connectivity index (χ0v) is 15.1. The molecule has 0 aliphatic carbocycles. The van der Waals surface area contributed by atoms with Gasteiger partial charge in [-0.25, -0.2) is 0 Å². The summed E-state index contributed by atoms with van der Waals surface area (Å²) in [7, 11) is 0. The molecule has 26 heavy (non-hydrogen) atoms. The smallest absolute Gasteiger partial charge is 0.254 e. The van der Waals surface area contributed by atoms with Gasteiger partial charge in [-0.15, -0.1) is 6.58 Å². The van der Waals surface area contributed by atoms with Gasteiger partial charge in [0, 0.05) is 30.8 Å². The molecule has 0 N–H and O–H groups in total. The van der Waals surface area contributed by atoms with Gasteiger partial charge in [-0.05, 0) is 37.6 Å². The first-order chi connectivity index (χ1) is 12.5. The zero-order valence-electron chi connectivity index (χ0n) is 15.1. The summed E-state index contributed by atoms with van der Waals surface area (Å²) in [6, 6.07) is 18.6. The number of hydrogen-bond donors (Lipinski definition) is 0. The molecule has 0 saturated carbocycles. The molecule has 0 radical (unpaired) electrons. The Morgan fingerprint density at radius 3 is 2.04 bits per heavy atom. The van der Waals surface area contributed by atoms with E-state index in [2.05, 4.69) is 6.58 Å². The van der Waals surface area contributed by atoms with Gasteiger partial charge in [0.05, 0.1) is 5.54 Å². The second kappa shape index (κ2) is 7.56. The van der Waals surface area contributed by atoms with Crippen molar-refractivity contribution in [3.05, 3.63) is 84.4 Å². The quantitative estimate of drug-likeness (QED) is 0.792. The van der Waals surface area contributed by atoms with Gasteiger partial charge in [0.2, 0.25) is 0 Å². The average Bonchev–Trinajstić information content (AvgIpc) is 2.68. The van der Waals surface area contributed by atoms with Crippen molar-refractivity contribution in [2.45, 2.75) is 18.9 Å². The van der Waals surface area contributed by atoms with E-state index in [1.54, 1.807) is 0 Å². The van der Waals surface area contributed by atoms with Crippen molar-refractivity contribution in [3.8, 4) is 0 Å². The van der Waals surface area contributed by atoms with Crippen LogP contribution < -0.4 is 0 Å². The van der Waals surface area contributed by atoms with Gasteiger partial charge in [-0.3, -0.25) is 9.59 Å². The lowest BCUT2D eigenvalue weighted by atomic mass is 9.90. The van der Waals surface area contributed by atoms with E-state index in [0.717, 1.165) is 0 Å². The van der Waals surface area contributed by atoms with E-state index < -0.39 is 5.54 Å². The number of benzene rings is 2. The van der Waals surface area contributed by atoms with Crippen LogP contribution >= 0.6 is 0 Å². The third kappa shape index (κ3) is 3.54. The van der Waals surface area contributed by atoms with Gasteiger partial charge >= 0.3 is 0 Å². The number of amides is 2. The van der Waals surface area contributed by atoms with Crippen LogP contribution in [0.3, 0.4) is 0 Å². The van der Waals surface area contributed by atoms with Crippen LogP contribution in [0.4, 0.5) is 0 Å². The van der Waals surface area contributed by atoms with Crippen molar-refractivity contribution in [1.82, 2.24) is 9.80 Å². The molecule has 134 valence electrons. The lowest BCUT2D eigenvalue weighted by Gasteiger charge is -2.49. The van der Waals surface area contributed by atoms with Crippen molar-refractivity contribution in [2.75, 3.05) is 19.6 Å². The first-order valence-corrected chi connectivity index (χ1v) is 8.87. The van der Waals surface area contributed by atoms with Crippen molar-refractivity contribution in [3.63, 3.8) is 0 Å². The van der Waals surface area contributed by atoms with Crippen molar-refractivity contribution in [1.29, 1.82) is 0 Å². The average molecular weight is 348 g/mol. The Kier molecular flexibility index (Phi) is 5.21. The normalized spacial score (nSPS) is 19.9. The Morgan fingerprint density at radius 1 is 0.962 bits per heavy atom. The molecule has 0 bridgehead atoms. The molecular weight excluding hydrogens is 324 g/mol. The molecular formula is C22H24N2O2. The largest absolute Gasteiger partial charge is 0.335 e. The number of hydrogen-bond acceptors (Lipinski definition) is 2. The number of carbonyl (C=O) groups is 2. The Morgan fingerprint density at radius 2 is 1.50 bits per heavy atom. The molecule has 2 amide bonds. The SMILES string of the molecule is C=CC[C@@]1(C)CN(C(=O)c2ccccc2)CCN1C(=O)c1ccccc1. The van der Waals surface area contributed by atoms with Crippen molar-refractivity contribution < 1.29 is 9.59 Å². The van der Waals surface area contributed by atoms with Crippen LogP contribution in [0.5, 0.6) is 0 Å². The number of rotatable bonds is 4. The van der Waals surface area contributed by atoms with Crippen LogP contribution in [0.2, 0.25) is 0 Å². The van der Waals surface area contributed by atoms with Crippen molar-refractivity contribution >= 4 is 11.8 Å². The topological polar surface area (TPSA) is 40.6 Å². The van der Waals surface area contributed by atoms with Gasteiger partial charge in [0.1, 0.15) is 0 Å². The fourth-order valence-corrected chi connectivity index (χ4v) is 3.57. The molecule has 0 unspecified atom stereocenters. The molecule has 0 spiro atoms. The summed E-state index contributed by atoms with van der Waals surface area (Å²) in [6.45, 7) is 7.41. The maximum absolute atomic E-state index is 13.0. The van der Waals surface area contributed by atoms with Crippen LogP contribution in [-0.2, 0) is 0 Å². The third-order valence-corrected chi connectivity index (χ3v) is 4.93. The minimum atomic E-state index is -0.475. The van der Waals surface area contributed by atoms with E-state index >= 15 is 0 Å². The summed E-state index contributed by atoms with van der Waals surface area (Å²) in [5.74, 6) is 0.00876. The van der Waals surface area contributed by atoms with E-state index in [1.165, 1.54) is 0 Å². The lowest BCUT2D eigenvalue weighted by Crippen LogP contribution is -2.63. The fourth-order valence-electron chi connectivity index (χ4n) is 3.57. The second-order valence-corrected chi connectivity index (χ2v) is 6.91. The highest BCUT2D eigenvalue weighted by Gasteiger charge is 2.41. The van der Waals surface area contributed by atoms with Crippen LogP contribution in [0.1, 0.15) is 34.1 Å². The highest BCUT2D eigenvalue weighted by molar-refractivity contribution is 5.96. The van der Waals surface area contributed by atoms with Gasteiger partial charge < -0.3 is 9.80 Å². The predicted molar refractivity (Wildman–Crippen MR) is 103 cm³/mol. The minimum absolute atomic E-state index is 0.00163. The molecule has 4 nitrogen and oxygen atoms in total. The van der Waals surface area contributed by atoms with E-state index in [0.29, 0.717) is 37.2 Å². The lowest BCUT2D eigenvalue weighted by molar-refractivity contribution is 0.0116. The predicted octanol–water partition coefficient (Wildman–Crippen LogP) is 3.62. The van der Waals surface area contributed by atoms with Crippen LogP contribution in [0.15, 0.2) is 73.3 Å². The summed E-state index contributed by atoms with van der Waals surface area (Å²) >= 11 is 0. The molecule has 1 atom stereocenters. The highest BCUT2D eigenvalue weighted by Crippen LogP contribution is 2.28. The highest BCUT2D eigenvalue weighted by atomic mass is 16.2. The zero-order chi connectivity index (χ0) is 18.6. The monoisotopic (exact) mass is 348 g/mol. The van der Waals surface area contributed by atoms with Crippen LogP contribution in [0, 0.1) is 0 Å².